The number of nitrogens with zero attached hydrogens (tertiary/aromatic N) is 4. The van der Waals surface area contributed by atoms with Gasteiger partial charge in [-0.3, -0.25) is 4.79 Å². The molecule has 0 fully saturated rings. The van der Waals surface area contributed by atoms with Gasteiger partial charge in [0.1, 0.15) is 0 Å². The molecule has 0 aliphatic rings. The molecule has 0 bridgehead atoms. The smallest absolute Gasteiger partial charge is 0.253 e. The largest absolute Gasteiger partial charge is 0.293 e. The van der Waals surface area contributed by atoms with Crippen molar-refractivity contribution >= 4 is 34.9 Å². The average Bonchev–Trinajstić information content (AvgIpc) is 2.88. The quantitative estimate of drug-likeness (QED) is 0.541. The number of ketones is 1. The summed E-state index contributed by atoms with van der Waals surface area (Å²) in [4.78, 5) is 20.8. The fourth-order valence-electron chi connectivity index (χ4n) is 2.08. The lowest BCUT2D eigenvalue weighted by Crippen LogP contribution is -2.02. The third kappa shape index (κ3) is 3.13. The normalized spacial score (nSPS) is 11.0. The van der Waals surface area contributed by atoms with E-state index in [1.165, 1.54) is 11.8 Å². The summed E-state index contributed by atoms with van der Waals surface area (Å²) in [5, 5.41) is 5.46. The van der Waals surface area contributed by atoms with Crippen LogP contribution in [-0.2, 0) is 0 Å². The summed E-state index contributed by atoms with van der Waals surface area (Å²) in [6.45, 7) is 3.86. The van der Waals surface area contributed by atoms with Gasteiger partial charge in [0.15, 0.2) is 5.78 Å². The molecule has 0 spiro atoms. The average molecular weight is 333 g/mol. The predicted octanol–water partition coefficient (Wildman–Crippen LogP) is 3.37. The van der Waals surface area contributed by atoms with Crippen LogP contribution in [0.2, 0.25) is 5.02 Å². The number of rotatable bonds is 4. The van der Waals surface area contributed by atoms with Gasteiger partial charge in [-0.25, -0.2) is 9.50 Å². The van der Waals surface area contributed by atoms with Gasteiger partial charge >= 0.3 is 0 Å². The maximum atomic E-state index is 12.1. The molecule has 0 N–H and O–H groups in total. The van der Waals surface area contributed by atoms with Crippen LogP contribution in [0.3, 0.4) is 0 Å². The summed E-state index contributed by atoms with van der Waals surface area (Å²) < 4.78 is 1.68. The number of aromatic nitrogens is 4. The monoisotopic (exact) mass is 332 g/mol. The first-order valence-corrected chi connectivity index (χ1v) is 8.02. The first-order valence-electron chi connectivity index (χ1n) is 6.65. The van der Waals surface area contributed by atoms with Gasteiger partial charge < -0.3 is 0 Å². The lowest BCUT2D eigenvalue weighted by atomic mass is 10.1. The predicted molar refractivity (Wildman–Crippen MR) is 86.8 cm³/mol. The van der Waals surface area contributed by atoms with Crippen molar-refractivity contribution in [2.75, 3.05) is 5.75 Å². The summed E-state index contributed by atoms with van der Waals surface area (Å²) in [5.41, 5.74) is 2.45. The Morgan fingerprint density at radius 1 is 1.27 bits per heavy atom. The Labute approximate surface area is 136 Å². The zero-order valence-corrected chi connectivity index (χ0v) is 13.6. The standard InChI is InChI=1S/C15H13ClN4OS/c1-9-6-10(2)20-14(17-9)18-15(19-20)22-8-13(21)11-4-3-5-12(16)7-11/h3-7H,8H2,1-2H3. The topological polar surface area (TPSA) is 60.2 Å². The van der Waals surface area contributed by atoms with Crippen molar-refractivity contribution < 1.29 is 4.79 Å². The van der Waals surface area contributed by atoms with E-state index in [9.17, 15) is 4.79 Å². The summed E-state index contributed by atoms with van der Waals surface area (Å²) >= 11 is 7.19. The molecule has 0 aliphatic heterocycles. The molecule has 7 heteroatoms. The van der Waals surface area contributed by atoms with Crippen LogP contribution in [0, 0.1) is 13.8 Å². The van der Waals surface area contributed by atoms with Crippen LogP contribution in [0.25, 0.3) is 5.78 Å². The fraction of sp³-hybridized carbons (Fsp3) is 0.200. The maximum Gasteiger partial charge on any atom is 0.253 e. The number of thioether (sulfide) groups is 1. The lowest BCUT2D eigenvalue weighted by molar-refractivity contribution is 0.102. The first kappa shape index (κ1) is 15.0. The number of carbonyl (C=O) groups is 1. The number of benzene rings is 1. The second kappa shape index (κ2) is 6.06. The van der Waals surface area contributed by atoms with E-state index in [4.69, 9.17) is 11.6 Å². The molecule has 1 aromatic carbocycles. The number of halogens is 1. The van der Waals surface area contributed by atoms with Crippen LogP contribution in [0.15, 0.2) is 35.5 Å². The van der Waals surface area contributed by atoms with Crippen molar-refractivity contribution in [3.05, 3.63) is 52.3 Å². The third-order valence-corrected chi connectivity index (χ3v) is 4.15. The van der Waals surface area contributed by atoms with Crippen LogP contribution in [-0.4, -0.2) is 31.1 Å². The highest BCUT2D eigenvalue weighted by atomic mass is 35.5. The highest BCUT2D eigenvalue weighted by Crippen LogP contribution is 2.18. The van der Waals surface area contributed by atoms with Gasteiger partial charge in [-0.1, -0.05) is 35.5 Å². The molecule has 112 valence electrons. The summed E-state index contributed by atoms with van der Waals surface area (Å²) in [6, 6.07) is 8.86. The highest BCUT2D eigenvalue weighted by molar-refractivity contribution is 7.99. The molecular weight excluding hydrogens is 320 g/mol. The molecule has 0 amide bonds. The van der Waals surface area contributed by atoms with Gasteiger partial charge in [0.2, 0.25) is 5.16 Å². The number of hydrogen-bond acceptors (Lipinski definition) is 5. The molecule has 3 rings (SSSR count). The summed E-state index contributed by atoms with van der Waals surface area (Å²) in [7, 11) is 0. The molecule has 2 heterocycles. The number of Topliss-reactive ketones (excluding diaryl/α,β-unsaturated/α-hetero) is 1. The van der Waals surface area contributed by atoms with Crippen molar-refractivity contribution in [2.45, 2.75) is 19.0 Å². The Balaban J connectivity index is 1.76. The summed E-state index contributed by atoms with van der Waals surface area (Å²) in [5.74, 6) is 0.803. The van der Waals surface area contributed by atoms with Gasteiger partial charge in [-0.15, -0.1) is 5.10 Å². The van der Waals surface area contributed by atoms with E-state index in [1.807, 2.05) is 19.9 Å². The number of carbonyl (C=O) groups excluding carboxylic acids is 1. The van der Waals surface area contributed by atoms with Crippen molar-refractivity contribution in [3.63, 3.8) is 0 Å². The maximum absolute atomic E-state index is 12.1. The van der Waals surface area contributed by atoms with Gasteiger partial charge in [0.25, 0.3) is 5.78 Å². The Kier molecular flexibility index (Phi) is 4.13. The molecule has 0 radical (unpaired) electrons. The third-order valence-electron chi connectivity index (χ3n) is 3.08. The van der Waals surface area contributed by atoms with E-state index in [0.717, 1.165) is 11.4 Å². The number of hydrogen-bond donors (Lipinski definition) is 0. The van der Waals surface area contributed by atoms with Gasteiger partial charge in [-0.2, -0.15) is 4.98 Å². The molecule has 0 unspecified atom stereocenters. The van der Waals surface area contributed by atoms with E-state index in [1.54, 1.807) is 28.8 Å². The van der Waals surface area contributed by atoms with E-state index in [0.29, 0.717) is 21.5 Å². The Bertz CT molecular complexity index is 862. The van der Waals surface area contributed by atoms with Crippen LogP contribution < -0.4 is 0 Å². The van der Waals surface area contributed by atoms with Crippen molar-refractivity contribution in [1.29, 1.82) is 0 Å². The Morgan fingerprint density at radius 2 is 2.09 bits per heavy atom. The van der Waals surface area contributed by atoms with E-state index >= 15 is 0 Å². The van der Waals surface area contributed by atoms with Gasteiger partial charge in [0.05, 0.1) is 5.75 Å². The molecular formula is C15H13ClN4OS. The Hall–Kier alpha value is -1.92. The zero-order valence-electron chi connectivity index (χ0n) is 12.1. The van der Waals surface area contributed by atoms with E-state index in [2.05, 4.69) is 15.1 Å². The second-order valence-corrected chi connectivity index (χ2v) is 6.25. The van der Waals surface area contributed by atoms with Crippen LogP contribution >= 0.6 is 23.4 Å². The Morgan fingerprint density at radius 3 is 2.86 bits per heavy atom. The number of aryl methyl sites for hydroxylation is 2. The first-order chi connectivity index (χ1) is 10.5. The van der Waals surface area contributed by atoms with Crippen LogP contribution in [0.4, 0.5) is 0 Å². The minimum Gasteiger partial charge on any atom is -0.293 e. The van der Waals surface area contributed by atoms with Gasteiger partial charge in [0, 0.05) is 22.0 Å². The molecule has 0 aliphatic carbocycles. The van der Waals surface area contributed by atoms with Crippen LogP contribution in [0.1, 0.15) is 21.7 Å². The number of fused-ring (bicyclic) bond motifs is 1. The second-order valence-electron chi connectivity index (χ2n) is 4.87. The SMILES string of the molecule is Cc1cc(C)n2nc(SCC(=O)c3cccc(Cl)c3)nc2n1. The van der Waals surface area contributed by atoms with Crippen molar-refractivity contribution in [3.8, 4) is 0 Å². The lowest BCUT2D eigenvalue weighted by Gasteiger charge is -1.99. The summed E-state index contributed by atoms with van der Waals surface area (Å²) in [6.07, 6.45) is 0. The van der Waals surface area contributed by atoms with Crippen LogP contribution in [0.5, 0.6) is 0 Å². The molecule has 0 saturated heterocycles. The molecule has 0 saturated carbocycles. The minimum absolute atomic E-state index is 0.00721. The fourth-order valence-corrected chi connectivity index (χ4v) is 2.99. The van der Waals surface area contributed by atoms with E-state index < -0.39 is 0 Å². The highest BCUT2D eigenvalue weighted by Gasteiger charge is 2.12. The van der Waals surface area contributed by atoms with E-state index in [-0.39, 0.29) is 11.5 Å². The molecule has 22 heavy (non-hydrogen) atoms. The minimum atomic E-state index is -0.00721. The van der Waals surface area contributed by atoms with Gasteiger partial charge in [-0.05, 0) is 32.0 Å². The molecule has 0 atom stereocenters. The molecule has 2 aromatic heterocycles. The van der Waals surface area contributed by atoms with Crippen molar-refractivity contribution in [2.24, 2.45) is 0 Å². The molecule has 5 nitrogen and oxygen atoms in total. The zero-order chi connectivity index (χ0) is 15.7. The van der Waals surface area contributed by atoms with Crippen molar-refractivity contribution in [1.82, 2.24) is 19.6 Å². The molecule has 3 aromatic rings.